The summed E-state index contributed by atoms with van der Waals surface area (Å²) in [6.45, 7) is 0.424. The number of aliphatic hydroxyl groups excluding tert-OH is 1. The van der Waals surface area contributed by atoms with Crippen LogP contribution in [0.3, 0.4) is 0 Å². The number of ether oxygens (including phenoxy) is 2. The number of aliphatic hydroxyl groups is 1. The van der Waals surface area contributed by atoms with Crippen LogP contribution in [0, 0.1) is 0 Å². The quantitative estimate of drug-likeness (QED) is 0.815. The fourth-order valence-electron chi connectivity index (χ4n) is 1.34. The number of halogens is 1. The normalized spacial score (nSPS) is 26.7. The Morgan fingerprint density at radius 3 is 2.64 bits per heavy atom. The SMILES string of the molecule is OC[C@H]1CO[C@@H](c2ccc(Cl)cc2)O1. The summed E-state index contributed by atoms with van der Waals surface area (Å²) in [5.74, 6) is 0. The molecule has 1 aliphatic rings. The molecule has 76 valence electrons. The van der Waals surface area contributed by atoms with E-state index in [2.05, 4.69) is 0 Å². The largest absolute Gasteiger partial charge is 0.394 e. The van der Waals surface area contributed by atoms with Crippen LogP contribution < -0.4 is 0 Å². The summed E-state index contributed by atoms with van der Waals surface area (Å²) < 4.78 is 10.8. The summed E-state index contributed by atoms with van der Waals surface area (Å²) in [6.07, 6.45) is -0.583. The van der Waals surface area contributed by atoms with Gasteiger partial charge in [-0.15, -0.1) is 0 Å². The van der Waals surface area contributed by atoms with E-state index in [0.29, 0.717) is 11.6 Å². The van der Waals surface area contributed by atoms with E-state index in [-0.39, 0.29) is 19.0 Å². The number of hydrogen-bond donors (Lipinski definition) is 1. The van der Waals surface area contributed by atoms with E-state index in [4.69, 9.17) is 26.2 Å². The molecule has 1 aliphatic heterocycles. The highest BCUT2D eigenvalue weighted by Gasteiger charge is 2.26. The first-order valence-corrected chi connectivity index (χ1v) is 4.81. The van der Waals surface area contributed by atoms with E-state index in [1.54, 1.807) is 12.1 Å². The molecule has 1 aromatic rings. The zero-order valence-corrected chi connectivity index (χ0v) is 8.28. The van der Waals surface area contributed by atoms with Gasteiger partial charge >= 0.3 is 0 Å². The number of benzene rings is 1. The molecule has 1 saturated heterocycles. The molecule has 0 bridgehead atoms. The van der Waals surface area contributed by atoms with E-state index in [0.717, 1.165) is 5.56 Å². The maximum absolute atomic E-state index is 8.85. The van der Waals surface area contributed by atoms with Crippen LogP contribution in [0.1, 0.15) is 11.9 Å². The van der Waals surface area contributed by atoms with Crippen LogP contribution in [0.2, 0.25) is 5.02 Å². The number of rotatable bonds is 2. The van der Waals surface area contributed by atoms with E-state index in [9.17, 15) is 0 Å². The molecule has 3 nitrogen and oxygen atoms in total. The first kappa shape index (κ1) is 9.93. The second-order valence-electron chi connectivity index (χ2n) is 3.16. The molecule has 1 N–H and O–H groups in total. The van der Waals surface area contributed by atoms with Crippen molar-refractivity contribution in [1.29, 1.82) is 0 Å². The van der Waals surface area contributed by atoms with Crippen molar-refractivity contribution in [3.8, 4) is 0 Å². The molecule has 2 atom stereocenters. The third kappa shape index (κ3) is 2.07. The second kappa shape index (κ2) is 4.28. The molecule has 0 aliphatic carbocycles. The fraction of sp³-hybridized carbons (Fsp3) is 0.400. The van der Waals surface area contributed by atoms with Gasteiger partial charge in [-0.1, -0.05) is 23.7 Å². The predicted molar refractivity (Wildman–Crippen MR) is 52.1 cm³/mol. The molecule has 0 saturated carbocycles. The Balaban J connectivity index is 2.06. The molecule has 0 unspecified atom stereocenters. The van der Waals surface area contributed by atoms with Crippen molar-refractivity contribution in [2.24, 2.45) is 0 Å². The highest BCUT2D eigenvalue weighted by Crippen LogP contribution is 2.27. The number of hydrogen-bond acceptors (Lipinski definition) is 3. The third-order valence-electron chi connectivity index (χ3n) is 2.10. The average molecular weight is 215 g/mol. The first-order valence-electron chi connectivity index (χ1n) is 4.43. The van der Waals surface area contributed by atoms with Gasteiger partial charge in [0.25, 0.3) is 0 Å². The molecule has 4 heteroatoms. The van der Waals surface area contributed by atoms with Crippen molar-refractivity contribution >= 4 is 11.6 Å². The summed E-state index contributed by atoms with van der Waals surface area (Å²) in [4.78, 5) is 0. The fourth-order valence-corrected chi connectivity index (χ4v) is 1.46. The van der Waals surface area contributed by atoms with Crippen LogP contribution in [0.15, 0.2) is 24.3 Å². The zero-order chi connectivity index (χ0) is 9.97. The summed E-state index contributed by atoms with van der Waals surface area (Å²) in [7, 11) is 0. The smallest absolute Gasteiger partial charge is 0.184 e. The molecule has 1 heterocycles. The van der Waals surface area contributed by atoms with E-state index >= 15 is 0 Å². The van der Waals surface area contributed by atoms with Gasteiger partial charge in [-0.25, -0.2) is 0 Å². The maximum atomic E-state index is 8.85. The van der Waals surface area contributed by atoms with Gasteiger partial charge in [-0.2, -0.15) is 0 Å². The van der Waals surface area contributed by atoms with Crippen LogP contribution in [-0.4, -0.2) is 24.4 Å². The topological polar surface area (TPSA) is 38.7 Å². The lowest BCUT2D eigenvalue weighted by Gasteiger charge is -2.10. The van der Waals surface area contributed by atoms with Crippen LogP contribution in [0.5, 0.6) is 0 Å². The third-order valence-corrected chi connectivity index (χ3v) is 2.35. The molecular formula is C10H11ClO3. The predicted octanol–water partition coefficient (Wildman–Crippen LogP) is 1.75. The molecule has 2 rings (SSSR count). The summed E-state index contributed by atoms with van der Waals surface area (Å²) in [5.41, 5.74) is 0.922. The Kier molecular flexibility index (Phi) is 3.03. The van der Waals surface area contributed by atoms with Gasteiger partial charge in [-0.3, -0.25) is 0 Å². The van der Waals surface area contributed by atoms with Crippen LogP contribution in [0.25, 0.3) is 0 Å². The van der Waals surface area contributed by atoms with Crippen molar-refractivity contribution in [2.75, 3.05) is 13.2 Å². The first-order chi connectivity index (χ1) is 6.79. The van der Waals surface area contributed by atoms with Crippen molar-refractivity contribution < 1.29 is 14.6 Å². The van der Waals surface area contributed by atoms with Gasteiger partial charge in [0.1, 0.15) is 6.10 Å². The minimum absolute atomic E-state index is 0.00983. The Hall–Kier alpha value is -0.610. The highest BCUT2D eigenvalue weighted by molar-refractivity contribution is 6.30. The molecule has 0 aromatic heterocycles. The lowest BCUT2D eigenvalue weighted by atomic mass is 10.2. The molecule has 14 heavy (non-hydrogen) atoms. The Morgan fingerprint density at radius 1 is 1.36 bits per heavy atom. The van der Waals surface area contributed by atoms with E-state index < -0.39 is 0 Å². The standard InChI is InChI=1S/C10H11ClO3/c11-8-3-1-7(2-4-8)10-13-6-9(5-12)14-10/h1-4,9-10,12H,5-6H2/t9-,10+/m0/s1. The average Bonchev–Trinajstić information content (AvgIpc) is 2.67. The van der Waals surface area contributed by atoms with Crippen molar-refractivity contribution in [3.63, 3.8) is 0 Å². The minimum Gasteiger partial charge on any atom is -0.394 e. The highest BCUT2D eigenvalue weighted by atomic mass is 35.5. The van der Waals surface area contributed by atoms with Gasteiger partial charge in [-0.05, 0) is 12.1 Å². The lowest BCUT2D eigenvalue weighted by Crippen LogP contribution is -2.14. The summed E-state index contributed by atoms with van der Waals surface area (Å²) >= 11 is 5.75. The van der Waals surface area contributed by atoms with Gasteiger partial charge in [0.15, 0.2) is 6.29 Å². The Bertz CT molecular complexity index is 299. The minimum atomic E-state index is -0.371. The lowest BCUT2D eigenvalue weighted by molar-refractivity contribution is -0.0675. The molecule has 0 spiro atoms. The molecule has 1 aromatic carbocycles. The molecule has 0 radical (unpaired) electrons. The van der Waals surface area contributed by atoms with E-state index in [1.165, 1.54) is 0 Å². The van der Waals surface area contributed by atoms with Crippen molar-refractivity contribution in [2.45, 2.75) is 12.4 Å². The second-order valence-corrected chi connectivity index (χ2v) is 3.59. The van der Waals surface area contributed by atoms with Gasteiger partial charge < -0.3 is 14.6 Å². The zero-order valence-electron chi connectivity index (χ0n) is 7.52. The van der Waals surface area contributed by atoms with Crippen LogP contribution in [-0.2, 0) is 9.47 Å². The maximum Gasteiger partial charge on any atom is 0.184 e. The van der Waals surface area contributed by atoms with Gasteiger partial charge in [0, 0.05) is 10.6 Å². The summed E-state index contributed by atoms with van der Waals surface area (Å²) in [5, 5.41) is 9.53. The molecular weight excluding hydrogens is 204 g/mol. The van der Waals surface area contributed by atoms with E-state index in [1.807, 2.05) is 12.1 Å². The Labute approximate surface area is 87.2 Å². The van der Waals surface area contributed by atoms with Crippen LogP contribution in [0.4, 0.5) is 0 Å². The van der Waals surface area contributed by atoms with Crippen molar-refractivity contribution in [1.82, 2.24) is 0 Å². The Morgan fingerprint density at radius 2 is 2.07 bits per heavy atom. The van der Waals surface area contributed by atoms with Gasteiger partial charge in [0.2, 0.25) is 0 Å². The van der Waals surface area contributed by atoms with Crippen molar-refractivity contribution in [3.05, 3.63) is 34.9 Å². The molecule has 0 amide bonds. The monoisotopic (exact) mass is 214 g/mol. The summed E-state index contributed by atoms with van der Waals surface area (Å²) in [6, 6.07) is 7.28. The van der Waals surface area contributed by atoms with Crippen LogP contribution >= 0.6 is 11.6 Å². The van der Waals surface area contributed by atoms with Gasteiger partial charge in [0.05, 0.1) is 13.2 Å². The molecule has 1 fully saturated rings.